The second-order valence-corrected chi connectivity index (χ2v) is 5.95. The maximum atomic E-state index is 11.8. The Morgan fingerprint density at radius 2 is 1.50 bits per heavy atom. The Balaban J connectivity index is -0.00000108. The zero-order chi connectivity index (χ0) is 22.8. The fraction of sp³-hybridized carbons (Fsp3) is 0.545. The standard InChI is InChI=1S/C17H24N2O6.C3H7NO.2CH4/c1-18-15(20)8-9-16(21)19-10-14(11-23-2)25-17(22)12-24-13-6-4-3-5-7-13;1-3(5)4-2;;/h3-7,14H,8-12H2,1-2H3,(H,18,20)(H,19,21);1-2H3,(H,4,5);2*1H4. The van der Waals surface area contributed by atoms with Crippen LogP contribution in [0.5, 0.6) is 5.75 Å². The predicted octanol–water partition coefficient (Wildman–Crippen LogP) is 1.29. The Morgan fingerprint density at radius 1 is 0.938 bits per heavy atom. The van der Waals surface area contributed by atoms with Crippen molar-refractivity contribution in [2.24, 2.45) is 0 Å². The smallest absolute Gasteiger partial charge is 0.344 e. The molecule has 1 atom stereocenters. The normalized spacial score (nSPS) is 9.88. The van der Waals surface area contributed by atoms with Crippen molar-refractivity contribution in [3.63, 3.8) is 0 Å². The van der Waals surface area contributed by atoms with E-state index in [0.717, 1.165) is 0 Å². The zero-order valence-corrected chi connectivity index (χ0v) is 17.9. The van der Waals surface area contributed by atoms with Crippen molar-refractivity contribution in [2.75, 3.05) is 41.0 Å². The SMILES string of the molecule is C.C.CNC(=O)CCC(=O)NCC(COC)OC(=O)COc1ccccc1.CNC(C)=O. The molecule has 1 aromatic rings. The minimum absolute atomic E-state index is 0. The molecule has 0 spiro atoms. The summed E-state index contributed by atoms with van der Waals surface area (Å²) >= 11 is 0. The Hall–Kier alpha value is -3.14. The van der Waals surface area contributed by atoms with Crippen molar-refractivity contribution < 1.29 is 33.4 Å². The Morgan fingerprint density at radius 3 is 2.00 bits per heavy atom. The first-order valence-electron chi connectivity index (χ1n) is 9.34. The number of carbonyl (C=O) groups excluding carboxylic acids is 4. The molecule has 1 unspecified atom stereocenters. The molecule has 0 aliphatic rings. The topological polar surface area (TPSA) is 132 Å². The molecule has 3 N–H and O–H groups in total. The quantitative estimate of drug-likeness (QED) is 0.427. The number of para-hydroxylation sites is 1. The summed E-state index contributed by atoms with van der Waals surface area (Å²) in [4.78, 5) is 44.3. The first-order chi connectivity index (χ1) is 14.3. The lowest BCUT2D eigenvalue weighted by molar-refractivity contribution is -0.154. The molecule has 0 bridgehead atoms. The summed E-state index contributed by atoms with van der Waals surface area (Å²) in [7, 11) is 4.57. The van der Waals surface area contributed by atoms with Crippen LogP contribution in [-0.4, -0.2) is 70.8 Å². The van der Waals surface area contributed by atoms with Crippen molar-refractivity contribution in [1.29, 1.82) is 0 Å². The molecule has 0 heterocycles. The van der Waals surface area contributed by atoms with Crippen LogP contribution < -0.4 is 20.7 Å². The maximum Gasteiger partial charge on any atom is 0.344 e. The van der Waals surface area contributed by atoms with E-state index in [1.54, 1.807) is 31.3 Å². The van der Waals surface area contributed by atoms with E-state index in [4.69, 9.17) is 14.2 Å². The summed E-state index contributed by atoms with van der Waals surface area (Å²) in [5, 5.41) is 7.44. The monoisotopic (exact) mass is 457 g/mol. The second-order valence-electron chi connectivity index (χ2n) is 5.95. The summed E-state index contributed by atoms with van der Waals surface area (Å²) in [6.07, 6.45) is -0.479. The van der Waals surface area contributed by atoms with Gasteiger partial charge in [0.05, 0.1) is 13.2 Å². The molecule has 0 aliphatic heterocycles. The molecule has 0 fully saturated rings. The first kappa shape index (κ1) is 33.5. The van der Waals surface area contributed by atoms with Gasteiger partial charge in [0.1, 0.15) is 11.9 Å². The number of ether oxygens (including phenoxy) is 3. The molecule has 0 saturated carbocycles. The maximum absolute atomic E-state index is 11.8. The van der Waals surface area contributed by atoms with Crippen LogP contribution in [0.25, 0.3) is 0 Å². The van der Waals surface area contributed by atoms with Gasteiger partial charge in [0.15, 0.2) is 6.61 Å². The number of hydrogen-bond acceptors (Lipinski definition) is 7. The zero-order valence-electron chi connectivity index (χ0n) is 17.9. The summed E-state index contributed by atoms with van der Waals surface area (Å²) < 4.78 is 15.5. The van der Waals surface area contributed by atoms with Gasteiger partial charge in [-0.2, -0.15) is 0 Å². The van der Waals surface area contributed by atoms with Crippen molar-refractivity contribution in [2.45, 2.75) is 40.7 Å². The number of benzene rings is 1. The van der Waals surface area contributed by atoms with Crippen molar-refractivity contribution in [3.8, 4) is 5.75 Å². The van der Waals surface area contributed by atoms with Gasteiger partial charge in [0, 0.05) is 41.0 Å². The average molecular weight is 458 g/mol. The van der Waals surface area contributed by atoms with E-state index in [-0.39, 0.29) is 65.2 Å². The predicted molar refractivity (Wildman–Crippen MR) is 123 cm³/mol. The molecule has 0 saturated heterocycles. The van der Waals surface area contributed by atoms with E-state index in [9.17, 15) is 19.2 Å². The van der Waals surface area contributed by atoms with E-state index in [0.29, 0.717) is 5.75 Å². The van der Waals surface area contributed by atoms with E-state index >= 15 is 0 Å². The summed E-state index contributed by atoms with van der Waals surface area (Å²) in [6.45, 7) is 1.46. The molecule has 3 amide bonds. The van der Waals surface area contributed by atoms with Crippen LogP contribution >= 0.6 is 0 Å². The highest BCUT2D eigenvalue weighted by Crippen LogP contribution is 2.08. The van der Waals surface area contributed by atoms with Gasteiger partial charge < -0.3 is 30.2 Å². The van der Waals surface area contributed by atoms with Crippen molar-refractivity contribution in [1.82, 2.24) is 16.0 Å². The van der Waals surface area contributed by atoms with Gasteiger partial charge >= 0.3 is 5.97 Å². The van der Waals surface area contributed by atoms with Crippen LogP contribution in [0.1, 0.15) is 34.6 Å². The van der Waals surface area contributed by atoms with Gasteiger partial charge in [-0.15, -0.1) is 0 Å². The average Bonchev–Trinajstić information content (AvgIpc) is 2.75. The van der Waals surface area contributed by atoms with Crippen LogP contribution in [-0.2, 0) is 28.7 Å². The molecular weight excluding hydrogens is 418 g/mol. The number of methoxy groups -OCH3 is 1. The fourth-order valence-corrected chi connectivity index (χ4v) is 1.87. The van der Waals surface area contributed by atoms with Gasteiger partial charge in [-0.05, 0) is 12.1 Å². The van der Waals surface area contributed by atoms with Gasteiger partial charge in [0.25, 0.3) is 0 Å². The van der Waals surface area contributed by atoms with E-state index in [2.05, 4.69) is 16.0 Å². The Labute approximate surface area is 191 Å². The summed E-state index contributed by atoms with van der Waals surface area (Å²) in [6, 6.07) is 8.89. The molecule has 32 heavy (non-hydrogen) atoms. The summed E-state index contributed by atoms with van der Waals surface area (Å²) in [5.74, 6) is -0.518. The van der Waals surface area contributed by atoms with Crippen LogP contribution in [0, 0.1) is 0 Å². The lowest BCUT2D eigenvalue weighted by Crippen LogP contribution is -2.38. The molecule has 0 radical (unpaired) electrons. The molecule has 10 nitrogen and oxygen atoms in total. The lowest BCUT2D eigenvalue weighted by Gasteiger charge is -2.18. The van der Waals surface area contributed by atoms with Crippen LogP contribution in [0.2, 0.25) is 0 Å². The van der Waals surface area contributed by atoms with Gasteiger partial charge in [-0.1, -0.05) is 33.1 Å². The van der Waals surface area contributed by atoms with Gasteiger partial charge in [-0.3, -0.25) is 14.4 Å². The van der Waals surface area contributed by atoms with E-state index in [1.165, 1.54) is 21.1 Å². The molecular formula is C22H39N3O7. The second kappa shape index (κ2) is 21.1. The first-order valence-corrected chi connectivity index (χ1v) is 9.34. The number of rotatable bonds is 11. The van der Waals surface area contributed by atoms with Gasteiger partial charge in [-0.25, -0.2) is 4.79 Å². The lowest BCUT2D eigenvalue weighted by atomic mass is 10.2. The largest absolute Gasteiger partial charge is 0.482 e. The molecule has 1 aromatic carbocycles. The fourth-order valence-electron chi connectivity index (χ4n) is 1.87. The van der Waals surface area contributed by atoms with Crippen LogP contribution in [0.3, 0.4) is 0 Å². The third-order valence-corrected chi connectivity index (χ3v) is 3.49. The van der Waals surface area contributed by atoms with Crippen molar-refractivity contribution >= 4 is 23.7 Å². The highest BCUT2D eigenvalue weighted by atomic mass is 16.6. The van der Waals surface area contributed by atoms with Crippen LogP contribution in [0.4, 0.5) is 0 Å². The number of hydrogen-bond donors (Lipinski definition) is 3. The number of esters is 1. The Kier molecular flexibility index (Phi) is 22.1. The number of nitrogens with one attached hydrogen (secondary N) is 3. The number of carbonyl (C=O) groups is 4. The highest BCUT2D eigenvalue weighted by molar-refractivity contribution is 5.83. The molecule has 0 aromatic heterocycles. The van der Waals surface area contributed by atoms with E-state index in [1.807, 2.05) is 6.07 Å². The third kappa shape index (κ3) is 18.9. The van der Waals surface area contributed by atoms with Crippen molar-refractivity contribution in [3.05, 3.63) is 30.3 Å². The summed E-state index contributed by atoms with van der Waals surface area (Å²) in [5.41, 5.74) is 0. The minimum Gasteiger partial charge on any atom is -0.482 e. The molecule has 1 rings (SSSR count). The molecule has 10 heteroatoms. The molecule has 0 aliphatic carbocycles. The Bertz CT molecular complexity index is 654. The van der Waals surface area contributed by atoms with Crippen LogP contribution in [0.15, 0.2) is 30.3 Å². The number of amides is 3. The third-order valence-electron chi connectivity index (χ3n) is 3.49. The highest BCUT2D eigenvalue weighted by Gasteiger charge is 2.16. The van der Waals surface area contributed by atoms with Gasteiger partial charge in [0.2, 0.25) is 17.7 Å². The molecule has 184 valence electrons. The minimum atomic E-state index is -0.638. The van der Waals surface area contributed by atoms with E-state index < -0.39 is 12.1 Å².